The fourth-order valence-corrected chi connectivity index (χ4v) is 1.64. The van der Waals surface area contributed by atoms with Gasteiger partial charge in [0.1, 0.15) is 5.41 Å². The molecule has 0 radical (unpaired) electrons. The summed E-state index contributed by atoms with van der Waals surface area (Å²) >= 11 is 5.90. The minimum absolute atomic E-state index is 0.0172. The van der Waals surface area contributed by atoms with Crippen LogP contribution >= 0.6 is 11.6 Å². The number of hydrogen-bond donors (Lipinski definition) is 2. The molecular weight excluding hydrogens is 244 g/mol. The molecule has 1 rings (SSSR count). The molecule has 1 amide bonds. The molecule has 1 aromatic heterocycles. The maximum atomic E-state index is 11.6. The van der Waals surface area contributed by atoms with Crippen molar-refractivity contribution in [1.29, 1.82) is 0 Å². The molecule has 6 heteroatoms. The van der Waals surface area contributed by atoms with Crippen LogP contribution < -0.4 is 5.32 Å². The van der Waals surface area contributed by atoms with Crippen molar-refractivity contribution in [3.8, 4) is 0 Å². The summed E-state index contributed by atoms with van der Waals surface area (Å²) in [5, 5.41) is 11.9. The number of hydrogen-bond acceptors (Lipinski definition) is 3. The molecule has 0 aliphatic rings. The summed E-state index contributed by atoms with van der Waals surface area (Å²) in [4.78, 5) is 26.7. The number of pyridine rings is 1. The highest BCUT2D eigenvalue weighted by Gasteiger charge is 2.41. The molecular formula is C11H13ClN2O3. The first-order valence-corrected chi connectivity index (χ1v) is 5.33. The standard InChI is InChI=1S/C11H13ClN2O3/c1-11(10(16)17,9(15)13-2)5-7-3-4-14-6-8(7)12/h3-4,6H,5H2,1-2H3,(H,13,15)(H,16,17). The number of amides is 1. The average molecular weight is 257 g/mol. The number of carbonyl (C=O) groups is 2. The van der Waals surface area contributed by atoms with E-state index >= 15 is 0 Å². The minimum Gasteiger partial charge on any atom is -0.480 e. The fraction of sp³-hybridized carbons (Fsp3) is 0.364. The Morgan fingerprint density at radius 1 is 1.59 bits per heavy atom. The molecule has 1 heterocycles. The topological polar surface area (TPSA) is 79.3 Å². The molecule has 0 saturated heterocycles. The Morgan fingerprint density at radius 2 is 2.24 bits per heavy atom. The summed E-state index contributed by atoms with van der Waals surface area (Å²) < 4.78 is 0. The minimum atomic E-state index is -1.54. The molecule has 5 nitrogen and oxygen atoms in total. The second-order valence-electron chi connectivity index (χ2n) is 3.86. The van der Waals surface area contributed by atoms with Gasteiger partial charge in [-0.15, -0.1) is 0 Å². The lowest BCUT2D eigenvalue weighted by molar-refractivity contribution is -0.154. The number of aromatic nitrogens is 1. The normalized spacial score (nSPS) is 13.8. The van der Waals surface area contributed by atoms with E-state index < -0.39 is 17.3 Å². The van der Waals surface area contributed by atoms with E-state index in [1.54, 1.807) is 6.07 Å². The van der Waals surface area contributed by atoms with Crippen LogP contribution in [0.15, 0.2) is 18.5 Å². The van der Waals surface area contributed by atoms with Gasteiger partial charge in [-0.25, -0.2) is 0 Å². The molecule has 1 atom stereocenters. The quantitative estimate of drug-likeness (QED) is 0.791. The Morgan fingerprint density at radius 3 is 2.71 bits per heavy atom. The van der Waals surface area contributed by atoms with E-state index in [0.29, 0.717) is 10.6 Å². The molecule has 0 aromatic carbocycles. The molecule has 1 unspecified atom stereocenters. The van der Waals surface area contributed by atoms with Crippen LogP contribution in [-0.2, 0) is 16.0 Å². The highest BCUT2D eigenvalue weighted by atomic mass is 35.5. The molecule has 0 bridgehead atoms. The second-order valence-corrected chi connectivity index (χ2v) is 4.27. The monoisotopic (exact) mass is 256 g/mol. The molecule has 92 valence electrons. The van der Waals surface area contributed by atoms with Crippen LogP contribution in [0.5, 0.6) is 0 Å². The van der Waals surface area contributed by atoms with Crippen LogP contribution in [0.1, 0.15) is 12.5 Å². The van der Waals surface area contributed by atoms with Crippen molar-refractivity contribution < 1.29 is 14.7 Å². The Labute approximate surface area is 104 Å². The number of nitrogens with one attached hydrogen (secondary N) is 1. The van der Waals surface area contributed by atoms with Crippen LogP contribution in [0.2, 0.25) is 5.02 Å². The maximum Gasteiger partial charge on any atom is 0.319 e. The molecule has 0 fully saturated rings. The van der Waals surface area contributed by atoms with Gasteiger partial charge < -0.3 is 10.4 Å². The van der Waals surface area contributed by atoms with Gasteiger partial charge in [-0.3, -0.25) is 14.6 Å². The Hall–Kier alpha value is -1.62. The number of carbonyl (C=O) groups excluding carboxylic acids is 1. The van der Waals surface area contributed by atoms with Gasteiger partial charge in [-0.2, -0.15) is 0 Å². The van der Waals surface area contributed by atoms with E-state index in [1.807, 2.05) is 0 Å². The summed E-state index contributed by atoms with van der Waals surface area (Å²) in [7, 11) is 1.40. The van der Waals surface area contributed by atoms with Crippen molar-refractivity contribution in [3.63, 3.8) is 0 Å². The Balaban J connectivity index is 3.08. The zero-order chi connectivity index (χ0) is 13.1. The van der Waals surface area contributed by atoms with E-state index in [9.17, 15) is 9.59 Å². The molecule has 2 N–H and O–H groups in total. The summed E-state index contributed by atoms with van der Waals surface area (Å²) in [6, 6.07) is 1.60. The van der Waals surface area contributed by atoms with Gasteiger partial charge in [0.05, 0.1) is 5.02 Å². The van der Waals surface area contributed by atoms with Gasteiger partial charge in [-0.05, 0) is 25.0 Å². The smallest absolute Gasteiger partial charge is 0.319 e. The molecule has 0 aliphatic heterocycles. The first-order chi connectivity index (χ1) is 7.91. The van der Waals surface area contributed by atoms with Gasteiger partial charge in [0.15, 0.2) is 0 Å². The van der Waals surface area contributed by atoms with Gasteiger partial charge in [0.25, 0.3) is 0 Å². The van der Waals surface area contributed by atoms with Crippen molar-refractivity contribution in [2.24, 2.45) is 5.41 Å². The van der Waals surface area contributed by atoms with Crippen molar-refractivity contribution in [1.82, 2.24) is 10.3 Å². The number of carboxylic acids is 1. The van der Waals surface area contributed by atoms with E-state index in [4.69, 9.17) is 16.7 Å². The predicted molar refractivity (Wildman–Crippen MR) is 62.8 cm³/mol. The van der Waals surface area contributed by atoms with Gasteiger partial charge in [0, 0.05) is 19.4 Å². The molecule has 0 spiro atoms. The van der Waals surface area contributed by atoms with Gasteiger partial charge in [-0.1, -0.05) is 11.6 Å². The first kappa shape index (κ1) is 13.4. The van der Waals surface area contributed by atoms with Crippen LogP contribution in [0, 0.1) is 5.41 Å². The summed E-state index contributed by atoms with van der Waals surface area (Å²) in [5.74, 6) is -1.75. The molecule has 17 heavy (non-hydrogen) atoms. The molecule has 0 saturated carbocycles. The summed E-state index contributed by atoms with van der Waals surface area (Å²) in [5.41, 5.74) is -0.963. The zero-order valence-corrected chi connectivity index (χ0v) is 10.3. The zero-order valence-electron chi connectivity index (χ0n) is 9.53. The molecule has 0 aliphatic carbocycles. The van der Waals surface area contributed by atoms with Crippen LogP contribution in [0.4, 0.5) is 0 Å². The summed E-state index contributed by atoms with van der Waals surface area (Å²) in [6.45, 7) is 1.37. The number of aliphatic carboxylic acids is 1. The van der Waals surface area contributed by atoms with E-state index in [-0.39, 0.29) is 6.42 Å². The predicted octanol–water partition coefficient (Wildman–Crippen LogP) is 1.11. The molecule has 1 aromatic rings. The van der Waals surface area contributed by atoms with E-state index in [1.165, 1.54) is 26.4 Å². The number of rotatable bonds is 4. The third kappa shape index (κ3) is 2.74. The van der Waals surface area contributed by atoms with Crippen molar-refractivity contribution in [2.45, 2.75) is 13.3 Å². The fourth-order valence-electron chi connectivity index (χ4n) is 1.46. The van der Waals surface area contributed by atoms with E-state index in [2.05, 4.69) is 10.3 Å². The van der Waals surface area contributed by atoms with Crippen molar-refractivity contribution in [3.05, 3.63) is 29.0 Å². The first-order valence-electron chi connectivity index (χ1n) is 4.96. The maximum absolute atomic E-state index is 11.6. The van der Waals surface area contributed by atoms with Gasteiger partial charge in [0.2, 0.25) is 5.91 Å². The number of carboxylic acid groups (broad SMARTS) is 1. The third-order valence-electron chi connectivity index (χ3n) is 2.60. The largest absolute Gasteiger partial charge is 0.480 e. The lowest BCUT2D eigenvalue weighted by Crippen LogP contribution is -2.44. The third-order valence-corrected chi connectivity index (χ3v) is 2.94. The lowest BCUT2D eigenvalue weighted by atomic mass is 9.83. The number of nitrogens with zero attached hydrogens (tertiary/aromatic N) is 1. The summed E-state index contributed by atoms with van der Waals surface area (Å²) in [6.07, 6.45) is 2.94. The van der Waals surface area contributed by atoms with Crippen LogP contribution in [0.3, 0.4) is 0 Å². The average Bonchev–Trinajstić information content (AvgIpc) is 2.30. The van der Waals surface area contributed by atoms with Crippen molar-refractivity contribution >= 4 is 23.5 Å². The van der Waals surface area contributed by atoms with Crippen LogP contribution in [-0.4, -0.2) is 29.0 Å². The Bertz CT molecular complexity index is 450. The highest BCUT2D eigenvalue weighted by molar-refractivity contribution is 6.31. The Kier molecular flexibility index (Phi) is 4.07. The second kappa shape index (κ2) is 5.14. The highest BCUT2D eigenvalue weighted by Crippen LogP contribution is 2.26. The van der Waals surface area contributed by atoms with E-state index in [0.717, 1.165) is 0 Å². The van der Waals surface area contributed by atoms with Crippen molar-refractivity contribution in [2.75, 3.05) is 7.05 Å². The SMILES string of the molecule is CNC(=O)C(C)(Cc1ccncc1Cl)C(=O)O. The lowest BCUT2D eigenvalue weighted by Gasteiger charge is -2.23. The number of halogens is 1. The van der Waals surface area contributed by atoms with Crippen LogP contribution in [0.25, 0.3) is 0 Å². The van der Waals surface area contributed by atoms with Gasteiger partial charge >= 0.3 is 5.97 Å².